The van der Waals surface area contributed by atoms with Gasteiger partial charge in [0.15, 0.2) is 0 Å². The molecule has 5 nitrogen and oxygen atoms in total. The predicted molar refractivity (Wildman–Crippen MR) is 74.2 cm³/mol. The summed E-state index contributed by atoms with van der Waals surface area (Å²) in [5, 5.41) is 2.78. The third kappa shape index (κ3) is 4.71. The number of nitrogens with one attached hydrogen (secondary N) is 1. The van der Waals surface area contributed by atoms with E-state index in [1.807, 2.05) is 25.8 Å². The molecule has 0 spiro atoms. The van der Waals surface area contributed by atoms with E-state index in [4.69, 9.17) is 0 Å². The van der Waals surface area contributed by atoms with Crippen LogP contribution in [0.1, 0.15) is 24.2 Å². The van der Waals surface area contributed by atoms with Gasteiger partial charge >= 0.3 is 5.97 Å². The Kier molecular flexibility index (Phi) is 5.51. The summed E-state index contributed by atoms with van der Waals surface area (Å²) in [6, 6.07) is 6.91. The van der Waals surface area contributed by atoms with Gasteiger partial charge < -0.3 is 10.1 Å². The molecule has 0 saturated heterocycles. The zero-order chi connectivity index (χ0) is 14.4. The van der Waals surface area contributed by atoms with Gasteiger partial charge in [-0.2, -0.15) is 0 Å². The molecule has 1 rings (SSSR count). The van der Waals surface area contributed by atoms with Crippen molar-refractivity contribution < 1.29 is 14.3 Å². The van der Waals surface area contributed by atoms with E-state index in [1.165, 1.54) is 7.11 Å². The van der Waals surface area contributed by atoms with Crippen molar-refractivity contribution in [3.63, 3.8) is 0 Å². The number of esters is 1. The van der Waals surface area contributed by atoms with Crippen LogP contribution in [0.3, 0.4) is 0 Å². The first kappa shape index (κ1) is 15.2. The van der Waals surface area contributed by atoms with E-state index in [-0.39, 0.29) is 5.91 Å². The molecule has 0 atom stereocenters. The highest BCUT2D eigenvalue weighted by Crippen LogP contribution is 2.10. The first-order chi connectivity index (χ1) is 8.93. The highest BCUT2D eigenvalue weighted by Gasteiger charge is 2.10. The molecule has 0 unspecified atom stereocenters. The van der Waals surface area contributed by atoms with Gasteiger partial charge in [0, 0.05) is 11.7 Å². The van der Waals surface area contributed by atoms with E-state index in [2.05, 4.69) is 10.1 Å². The summed E-state index contributed by atoms with van der Waals surface area (Å²) in [5.41, 5.74) is 1.12. The minimum atomic E-state index is -0.391. The monoisotopic (exact) mass is 264 g/mol. The summed E-state index contributed by atoms with van der Waals surface area (Å²) in [6.45, 7) is 4.38. The Labute approximate surface area is 113 Å². The maximum Gasteiger partial charge on any atom is 0.337 e. The van der Waals surface area contributed by atoms with Crippen molar-refractivity contribution in [1.29, 1.82) is 0 Å². The Bertz CT molecular complexity index is 441. The quantitative estimate of drug-likeness (QED) is 0.823. The number of nitrogens with zero attached hydrogens (tertiary/aromatic N) is 1. The van der Waals surface area contributed by atoms with Crippen molar-refractivity contribution in [2.45, 2.75) is 19.9 Å². The number of methoxy groups -OCH3 is 1. The topological polar surface area (TPSA) is 58.6 Å². The summed E-state index contributed by atoms with van der Waals surface area (Å²) in [7, 11) is 3.23. The number of hydrogen-bond donors (Lipinski definition) is 1. The number of rotatable bonds is 5. The van der Waals surface area contributed by atoms with Gasteiger partial charge in [0.25, 0.3) is 0 Å². The van der Waals surface area contributed by atoms with Crippen LogP contribution in [0.15, 0.2) is 24.3 Å². The van der Waals surface area contributed by atoms with Crippen molar-refractivity contribution in [3.8, 4) is 0 Å². The van der Waals surface area contributed by atoms with E-state index in [9.17, 15) is 9.59 Å². The van der Waals surface area contributed by atoms with Gasteiger partial charge in [-0.3, -0.25) is 9.69 Å². The van der Waals surface area contributed by atoms with Gasteiger partial charge in [0.05, 0.1) is 19.2 Å². The highest BCUT2D eigenvalue weighted by atomic mass is 16.5. The molecule has 0 saturated carbocycles. The largest absolute Gasteiger partial charge is 0.465 e. The molecule has 0 bridgehead atoms. The number of ether oxygens (including phenoxy) is 1. The third-order valence-corrected chi connectivity index (χ3v) is 2.86. The molecule has 0 aliphatic rings. The maximum absolute atomic E-state index is 11.8. The minimum absolute atomic E-state index is 0.0815. The van der Waals surface area contributed by atoms with Gasteiger partial charge in [0.2, 0.25) is 5.91 Å². The van der Waals surface area contributed by atoms with E-state index >= 15 is 0 Å². The average molecular weight is 264 g/mol. The zero-order valence-electron chi connectivity index (χ0n) is 11.8. The van der Waals surface area contributed by atoms with Crippen LogP contribution in [0.2, 0.25) is 0 Å². The molecule has 0 aliphatic carbocycles. The van der Waals surface area contributed by atoms with E-state index in [0.29, 0.717) is 23.8 Å². The van der Waals surface area contributed by atoms with Crippen LogP contribution >= 0.6 is 0 Å². The molecule has 19 heavy (non-hydrogen) atoms. The SMILES string of the molecule is COC(=O)c1ccc(NC(=O)CN(C)C(C)C)cc1. The number of carbonyl (C=O) groups excluding carboxylic acids is 2. The number of benzene rings is 1. The van der Waals surface area contributed by atoms with Crippen LogP contribution in [0.5, 0.6) is 0 Å². The first-order valence-corrected chi connectivity index (χ1v) is 6.12. The standard InChI is InChI=1S/C14H20N2O3/c1-10(2)16(3)9-13(17)15-12-7-5-11(6-8-12)14(18)19-4/h5-8,10H,9H2,1-4H3,(H,15,17). The fourth-order valence-corrected chi connectivity index (χ4v) is 1.42. The number of likely N-dealkylation sites (N-methyl/N-ethyl adjacent to an activating group) is 1. The number of carbonyl (C=O) groups is 2. The number of anilines is 1. The molecular weight excluding hydrogens is 244 g/mol. The predicted octanol–water partition coefficient (Wildman–Crippen LogP) is 1.75. The summed E-state index contributed by atoms with van der Waals surface area (Å²) < 4.78 is 4.60. The minimum Gasteiger partial charge on any atom is -0.465 e. The second-order valence-electron chi connectivity index (χ2n) is 4.63. The van der Waals surface area contributed by atoms with Crippen LogP contribution in [-0.2, 0) is 9.53 Å². The lowest BCUT2D eigenvalue weighted by molar-refractivity contribution is -0.117. The van der Waals surface area contributed by atoms with Crippen LogP contribution < -0.4 is 5.32 Å². The highest BCUT2D eigenvalue weighted by molar-refractivity contribution is 5.93. The molecule has 0 radical (unpaired) electrons. The van der Waals surface area contributed by atoms with Gasteiger partial charge in [-0.25, -0.2) is 4.79 Å². The number of amides is 1. The smallest absolute Gasteiger partial charge is 0.337 e. The number of hydrogen-bond acceptors (Lipinski definition) is 4. The molecule has 104 valence electrons. The van der Waals surface area contributed by atoms with Crippen LogP contribution in [0.4, 0.5) is 5.69 Å². The van der Waals surface area contributed by atoms with E-state index in [0.717, 1.165) is 0 Å². The zero-order valence-corrected chi connectivity index (χ0v) is 11.8. The Hall–Kier alpha value is -1.88. The summed E-state index contributed by atoms with van der Waals surface area (Å²) in [4.78, 5) is 25.0. The molecule has 5 heteroatoms. The van der Waals surface area contributed by atoms with Crippen LogP contribution in [0, 0.1) is 0 Å². The lowest BCUT2D eigenvalue weighted by atomic mass is 10.2. The lowest BCUT2D eigenvalue weighted by Gasteiger charge is -2.20. The summed E-state index contributed by atoms with van der Waals surface area (Å²) in [6.07, 6.45) is 0. The van der Waals surface area contributed by atoms with Crippen molar-refractivity contribution >= 4 is 17.6 Å². The summed E-state index contributed by atoms with van der Waals surface area (Å²) >= 11 is 0. The third-order valence-electron chi connectivity index (χ3n) is 2.86. The summed E-state index contributed by atoms with van der Waals surface area (Å²) in [5.74, 6) is -0.473. The molecule has 1 amide bonds. The second kappa shape index (κ2) is 6.89. The fourth-order valence-electron chi connectivity index (χ4n) is 1.42. The fraction of sp³-hybridized carbons (Fsp3) is 0.429. The molecular formula is C14H20N2O3. The van der Waals surface area contributed by atoms with Crippen molar-refractivity contribution in [2.24, 2.45) is 0 Å². The Balaban J connectivity index is 2.58. The molecule has 0 fully saturated rings. The lowest BCUT2D eigenvalue weighted by Crippen LogP contribution is -2.34. The Morgan fingerprint density at radius 3 is 2.32 bits per heavy atom. The molecule has 0 aromatic heterocycles. The van der Waals surface area contributed by atoms with Crippen molar-refractivity contribution in [3.05, 3.63) is 29.8 Å². The van der Waals surface area contributed by atoms with Gasteiger partial charge in [-0.05, 0) is 45.2 Å². The van der Waals surface area contributed by atoms with Gasteiger partial charge in [0.1, 0.15) is 0 Å². The molecule has 1 aromatic carbocycles. The molecule has 0 aliphatic heterocycles. The second-order valence-corrected chi connectivity index (χ2v) is 4.63. The van der Waals surface area contributed by atoms with Crippen molar-refractivity contribution in [1.82, 2.24) is 4.90 Å². The Morgan fingerprint density at radius 1 is 1.26 bits per heavy atom. The molecule has 1 N–H and O–H groups in total. The van der Waals surface area contributed by atoms with Crippen molar-refractivity contribution in [2.75, 3.05) is 26.0 Å². The Morgan fingerprint density at radius 2 is 1.84 bits per heavy atom. The van der Waals surface area contributed by atoms with Crippen LogP contribution in [0.25, 0.3) is 0 Å². The van der Waals surface area contributed by atoms with Crippen LogP contribution in [-0.4, -0.2) is 43.5 Å². The molecule has 1 aromatic rings. The molecule has 0 heterocycles. The normalized spacial score (nSPS) is 10.6. The van der Waals surface area contributed by atoms with E-state index in [1.54, 1.807) is 24.3 Å². The van der Waals surface area contributed by atoms with E-state index < -0.39 is 5.97 Å². The first-order valence-electron chi connectivity index (χ1n) is 6.12. The van der Waals surface area contributed by atoms with Gasteiger partial charge in [-0.15, -0.1) is 0 Å². The van der Waals surface area contributed by atoms with Gasteiger partial charge in [-0.1, -0.05) is 0 Å². The average Bonchev–Trinajstić information content (AvgIpc) is 2.38. The maximum atomic E-state index is 11.8.